The Balaban J connectivity index is 1.81. The van der Waals surface area contributed by atoms with Crippen molar-refractivity contribution in [2.45, 2.75) is 43.5 Å². The molecule has 2 aliphatic rings. The maximum absolute atomic E-state index is 12.9. The van der Waals surface area contributed by atoms with Crippen molar-refractivity contribution in [2.75, 3.05) is 26.3 Å². The van der Waals surface area contributed by atoms with Gasteiger partial charge in [0, 0.05) is 24.7 Å². The van der Waals surface area contributed by atoms with Crippen LogP contribution in [0.25, 0.3) is 0 Å². The third-order valence-electron chi connectivity index (χ3n) is 5.21. The van der Waals surface area contributed by atoms with Crippen LogP contribution in [0, 0.1) is 5.92 Å². The molecule has 26 heavy (non-hydrogen) atoms. The van der Waals surface area contributed by atoms with E-state index in [-0.39, 0.29) is 35.0 Å². The number of amides is 1. The quantitative estimate of drug-likeness (QED) is 0.843. The molecule has 1 heterocycles. The van der Waals surface area contributed by atoms with Crippen LogP contribution >= 0.6 is 11.6 Å². The highest BCUT2D eigenvalue weighted by atomic mass is 35.5. The maximum atomic E-state index is 12.9. The smallest absolute Gasteiger partial charge is 0.251 e. The molecule has 1 saturated carbocycles. The molecule has 0 bridgehead atoms. The standard InChI is InChI=1S/C18H25ClN2O4S/c1-13-4-2-3-5-16(13)20-18(22)14-6-7-15(19)17(12-14)26(23,24)21-8-10-25-11-9-21/h6-7,12-13,16H,2-5,8-11H2,1H3,(H,20,22). The molecule has 1 saturated heterocycles. The minimum atomic E-state index is -3.75. The summed E-state index contributed by atoms with van der Waals surface area (Å²) >= 11 is 6.15. The second-order valence-corrected chi connectivity index (χ2v) is 9.32. The van der Waals surface area contributed by atoms with Gasteiger partial charge >= 0.3 is 0 Å². The van der Waals surface area contributed by atoms with Crippen molar-refractivity contribution < 1.29 is 17.9 Å². The van der Waals surface area contributed by atoms with E-state index in [1.54, 1.807) is 6.07 Å². The van der Waals surface area contributed by atoms with Crippen LogP contribution in [0.2, 0.25) is 5.02 Å². The summed E-state index contributed by atoms with van der Waals surface area (Å²) in [4.78, 5) is 12.6. The molecule has 1 amide bonds. The highest BCUT2D eigenvalue weighted by Gasteiger charge is 2.30. The number of nitrogens with one attached hydrogen (secondary N) is 1. The van der Waals surface area contributed by atoms with Crippen molar-refractivity contribution in [3.05, 3.63) is 28.8 Å². The summed E-state index contributed by atoms with van der Waals surface area (Å²) in [5.74, 6) is 0.176. The Morgan fingerprint density at radius 2 is 1.92 bits per heavy atom. The predicted molar refractivity (Wildman–Crippen MR) is 99.9 cm³/mol. The molecule has 0 radical (unpaired) electrons. The minimum absolute atomic E-state index is 0.0228. The second-order valence-electron chi connectivity index (χ2n) is 7.00. The van der Waals surface area contributed by atoms with Crippen molar-refractivity contribution in [3.63, 3.8) is 0 Å². The zero-order chi connectivity index (χ0) is 18.7. The van der Waals surface area contributed by atoms with Crippen LogP contribution in [-0.2, 0) is 14.8 Å². The van der Waals surface area contributed by atoms with Gasteiger partial charge in [-0.1, -0.05) is 31.4 Å². The fourth-order valence-corrected chi connectivity index (χ4v) is 5.46. The summed E-state index contributed by atoms with van der Waals surface area (Å²) in [6, 6.07) is 4.57. The number of hydrogen-bond donors (Lipinski definition) is 1. The SMILES string of the molecule is CC1CCCCC1NC(=O)c1ccc(Cl)c(S(=O)(=O)N2CCOCC2)c1. The van der Waals surface area contributed by atoms with Gasteiger partial charge in [0.15, 0.2) is 0 Å². The summed E-state index contributed by atoms with van der Waals surface area (Å²) in [7, 11) is -3.75. The Morgan fingerprint density at radius 1 is 1.23 bits per heavy atom. The number of ether oxygens (including phenoxy) is 1. The Labute approximate surface area is 159 Å². The summed E-state index contributed by atoms with van der Waals surface area (Å²) < 4.78 is 32.3. The van der Waals surface area contributed by atoms with E-state index in [1.165, 1.54) is 22.9 Å². The van der Waals surface area contributed by atoms with Gasteiger partial charge < -0.3 is 10.1 Å². The molecule has 1 aromatic rings. The average molecular weight is 401 g/mol. The molecule has 1 N–H and O–H groups in total. The summed E-state index contributed by atoms with van der Waals surface area (Å²) in [6.45, 7) is 3.43. The normalized spacial score (nSPS) is 25.0. The van der Waals surface area contributed by atoms with Gasteiger partial charge in [-0.3, -0.25) is 4.79 Å². The van der Waals surface area contributed by atoms with Crippen LogP contribution in [-0.4, -0.2) is 51.0 Å². The molecule has 0 spiro atoms. The molecule has 144 valence electrons. The first-order valence-electron chi connectivity index (χ1n) is 9.08. The van der Waals surface area contributed by atoms with Gasteiger partial charge in [0.2, 0.25) is 10.0 Å². The van der Waals surface area contributed by atoms with Gasteiger partial charge in [-0.05, 0) is 37.0 Å². The van der Waals surface area contributed by atoms with Crippen molar-refractivity contribution in [1.29, 1.82) is 0 Å². The van der Waals surface area contributed by atoms with E-state index >= 15 is 0 Å². The summed E-state index contributed by atoms with van der Waals surface area (Å²) in [6.07, 6.45) is 4.35. The highest BCUT2D eigenvalue weighted by Crippen LogP contribution is 2.27. The van der Waals surface area contributed by atoms with Crippen molar-refractivity contribution in [2.24, 2.45) is 5.92 Å². The number of carbonyl (C=O) groups is 1. The number of halogens is 1. The fraction of sp³-hybridized carbons (Fsp3) is 0.611. The topological polar surface area (TPSA) is 75.7 Å². The van der Waals surface area contributed by atoms with Gasteiger partial charge in [0.25, 0.3) is 5.91 Å². The van der Waals surface area contributed by atoms with Crippen LogP contribution in [0.4, 0.5) is 0 Å². The zero-order valence-corrected chi connectivity index (χ0v) is 16.5. The van der Waals surface area contributed by atoms with Crippen LogP contribution in [0.3, 0.4) is 0 Å². The maximum Gasteiger partial charge on any atom is 0.251 e. The number of benzene rings is 1. The zero-order valence-electron chi connectivity index (χ0n) is 14.9. The minimum Gasteiger partial charge on any atom is -0.379 e. The van der Waals surface area contributed by atoms with Crippen LogP contribution < -0.4 is 5.32 Å². The van der Waals surface area contributed by atoms with Crippen LogP contribution in [0.5, 0.6) is 0 Å². The van der Waals surface area contributed by atoms with Gasteiger partial charge in [-0.15, -0.1) is 0 Å². The largest absolute Gasteiger partial charge is 0.379 e. The molecule has 2 atom stereocenters. The van der Waals surface area contributed by atoms with Crippen molar-refractivity contribution >= 4 is 27.5 Å². The highest BCUT2D eigenvalue weighted by molar-refractivity contribution is 7.89. The van der Waals surface area contributed by atoms with E-state index < -0.39 is 10.0 Å². The number of hydrogen-bond acceptors (Lipinski definition) is 4. The lowest BCUT2D eigenvalue weighted by molar-refractivity contribution is 0.0730. The Hall–Kier alpha value is -1.15. The Morgan fingerprint density at radius 3 is 2.62 bits per heavy atom. The number of rotatable bonds is 4. The molecule has 3 rings (SSSR count). The molecule has 6 nitrogen and oxygen atoms in total. The first kappa shape index (κ1) is 19.6. The fourth-order valence-electron chi connectivity index (χ4n) is 3.55. The molecule has 0 aromatic heterocycles. The number of sulfonamides is 1. The third kappa shape index (κ3) is 4.22. The monoisotopic (exact) mass is 400 g/mol. The molecule has 1 aliphatic heterocycles. The summed E-state index contributed by atoms with van der Waals surface area (Å²) in [5, 5.41) is 3.18. The molecule has 2 fully saturated rings. The predicted octanol–water partition coefficient (Wildman–Crippen LogP) is 2.67. The lowest BCUT2D eigenvalue weighted by atomic mass is 9.86. The lowest BCUT2D eigenvalue weighted by Gasteiger charge is -2.29. The first-order valence-corrected chi connectivity index (χ1v) is 10.9. The first-order chi connectivity index (χ1) is 12.4. The third-order valence-corrected chi connectivity index (χ3v) is 7.59. The van der Waals surface area contributed by atoms with Crippen molar-refractivity contribution in [1.82, 2.24) is 9.62 Å². The second kappa shape index (κ2) is 8.25. The molecule has 1 aliphatic carbocycles. The van der Waals surface area contributed by atoms with E-state index in [4.69, 9.17) is 16.3 Å². The number of carbonyl (C=O) groups excluding carboxylic acids is 1. The summed E-state index contributed by atoms with van der Waals surface area (Å²) in [5.41, 5.74) is 0.319. The van der Waals surface area contributed by atoms with E-state index in [1.807, 2.05) is 0 Å². The molecular weight excluding hydrogens is 376 g/mol. The Kier molecular flexibility index (Phi) is 6.22. The molecular formula is C18H25ClN2O4S. The van der Waals surface area contributed by atoms with Crippen molar-refractivity contribution in [3.8, 4) is 0 Å². The van der Waals surface area contributed by atoms with Gasteiger partial charge in [0.1, 0.15) is 4.90 Å². The number of nitrogens with zero attached hydrogens (tertiary/aromatic N) is 1. The van der Waals surface area contributed by atoms with Crippen LogP contribution in [0.15, 0.2) is 23.1 Å². The van der Waals surface area contributed by atoms with E-state index in [2.05, 4.69) is 12.2 Å². The number of morpholine rings is 1. The Bertz CT molecular complexity index is 762. The van der Waals surface area contributed by atoms with E-state index in [0.29, 0.717) is 24.7 Å². The molecule has 1 aromatic carbocycles. The van der Waals surface area contributed by atoms with E-state index in [0.717, 1.165) is 19.3 Å². The van der Waals surface area contributed by atoms with Crippen LogP contribution in [0.1, 0.15) is 43.0 Å². The van der Waals surface area contributed by atoms with Gasteiger partial charge in [-0.25, -0.2) is 8.42 Å². The van der Waals surface area contributed by atoms with Gasteiger partial charge in [-0.2, -0.15) is 4.31 Å². The van der Waals surface area contributed by atoms with E-state index in [9.17, 15) is 13.2 Å². The van der Waals surface area contributed by atoms with Gasteiger partial charge in [0.05, 0.1) is 18.2 Å². The average Bonchev–Trinajstić information content (AvgIpc) is 2.64. The molecule has 2 unspecified atom stereocenters. The molecule has 8 heteroatoms. The lowest BCUT2D eigenvalue weighted by Crippen LogP contribution is -2.41.